The van der Waals surface area contributed by atoms with E-state index < -0.39 is 11.1 Å². The summed E-state index contributed by atoms with van der Waals surface area (Å²) in [6, 6.07) is 67.4. The van der Waals surface area contributed by atoms with E-state index in [2.05, 4.69) is 95.3 Å². The van der Waals surface area contributed by atoms with Gasteiger partial charge in [-0.1, -0.05) is 195 Å². The van der Waals surface area contributed by atoms with Crippen molar-refractivity contribution in [2.24, 2.45) is 0 Å². The maximum absolute atomic E-state index is 11.8. The lowest BCUT2D eigenvalue weighted by atomic mass is 9.77. The van der Waals surface area contributed by atoms with E-state index in [1.54, 1.807) is 36.7 Å². The van der Waals surface area contributed by atoms with E-state index in [1.165, 1.54) is 6.08 Å². The van der Waals surface area contributed by atoms with Gasteiger partial charge < -0.3 is 0 Å². The third kappa shape index (κ3) is 7.37. The van der Waals surface area contributed by atoms with Gasteiger partial charge in [0.1, 0.15) is 11.1 Å². The summed E-state index contributed by atoms with van der Waals surface area (Å²) in [6.45, 7) is 3.75. The third-order valence-electron chi connectivity index (χ3n) is 11.8. The number of rotatable bonds is 11. The Kier molecular flexibility index (Phi) is 11.5. The summed E-state index contributed by atoms with van der Waals surface area (Å²) in [4.78, 5) is 22.8. The Bertz CT molecular complexity index is 3100. The Labute approximate surface area is 382 Å². The summed E-state index contributed by atoms with van der Waals surface area (Å²) < 4.78 is 4.24. The molecule has 0 bridgehead atoms. The summed E-state index contributed by atoms with van der Waals surface area (Å²) in [6.07, 6.45) is 5.02. The van der Waals surface area contributed by atoms with Crippen molar-refractivity contribution >= 4 is 55.2 Å². The Hall–Kier alpha value is -8.28. The van der Waals surface area contributed by atoms with Gasteiger partial charge in [-0.25, -0.2) is 9.36 Å². The first-order valence-corrected chi connectivity index (χ1v) is 21.5. The fourth-order valence-corrected chi connectivity index (χ4v) is 9.43. The highest BCUT2D eigenvalue weighted by Crippen LogP contribution is 2.45. The monoisotopic (exact) mass is 914 g/mol. The van der Waals surface area contributed by atoms with E-state index in [0.717, 1.165) is 44.2 Å². The molecule has 0 aliphatic rings. The molecule has 0 spiro atoms. The molecule has 11 heteroatoms. The Morgan fingerprint density at radius 3 is 1.05 bits per heavy atom. The summed E-state index contributed by atoms with van der Waals surface area (Å²) in [5, 5.41) is 34.8. The number of nitrogens with zero attached hydrogens (tertiary/aromatic N) is 6. The smallest absolute Gasteiger partial charge is 0.258 e. The molecular weight excluding hydrogens is 877 g/mol. The lowest BCUT2D eigenvalue weighted by Gasteiger charge is -2.37. The number of fused-ring (bicyclic) bond motifs is 2. The van der Waals surface area contributed by atoms with Gasteiger partial charge >= 0.3 is 0 Å². The van der Waals surface area contributed by atoms with Crippen molar-refractivity contribution < 1.29 is 9.85 Å². The van der Waals surface area contributed by atoms with E-state index in [4.69, 9.17) is 10.2 Å². The summed E-state index contributed by atoms with van der Waals surface area (Å²) in [5.74, 6) is 0. The number of nitro groups is 2. The molecule has 0 fully saturated rings. The molecule has 0 aliphatic heterocycles. The van der Waals surface area contributed by atoms with Crippen molar-refractivity contribution in [3.05, 3.63) is 289 Å². The molecular formula is C54H39BrN6O4. The van der Waals surface area contributed by atoms with Gasteiger partial charge in [-0.2, -0.15) is 10.2 Å². The zero-order valence-electron chi connectivity index (χ0n) is 34.8. The molecule has 0 aliphatic carbocycles. The van der Waals surface area contributed by atoms with Gasteiger partial charge in [0.05, 0.1) is 43.3 Å². The highest BCUT2D eigenvalue weighted by Gasteiger charge is 2.42. The number of hydrogen-bond donors (Lipinski definition) is 0. The molecule has 0 saturated heterocycles. The molecule has 0 N–H and O–H groups in total. The van der Waals surface area contributed by atoms with Crippen LogP contribution in [0.15, 0.2) is 230 Å². The molecule has 10 rings (SSSR count). The fraction of sp³-hybridized carbons (Fsp3) is 0.0370. The van der Waals surface area contributed by atoms with Gasteiger partial charge in [-0.05, 0) is 61.4 Å². The largest absolute Gasteiger partial charge is 0.285 e. The molecule has 65 heavy (non-hydrogen) atoms. The lowest BCUT2D eigenvalue weighted by molar-refractivity contribution is -0.385. The predicted octanol–water partition coefficient (Wildman–Crippen LogP) is 13.0. The van der Waals surface area contributed by atoms with E-state index >= 15 is 0 Å². The first kappa shape index (κ1) is 42.0. The minimum absolute atomic E-state index is 0.00216. The standard InChI is InChI=1S/C28H21N3O2.C26H18BrN3O2/c1-2-21-18-22-20-29-30(26(22)19-27(21)31(32)33)28(23-12-6-3-7-13-23,24-14-8-4-9-15-24)25-16-10-5-11-17-25;27-23-16-19-18-28-29(24(19)17-25(23)30(31)32)26(20-10-4-1-5-11-20,21-12-6-2-7-13-21)22-14-8-3-9-15-22/h2-20H,1H2;1-18H. The van der Waals surface area contributed by atoms with E-state index in [1.807, 2.05) is 119 Å². The number of nitro benzene ring substituents is 2. The molecule has 2 heterocycles. The molecule has 10 aromatic rings. The minimum atomic E-state index is -0.838. The van der Waals surface area contributed by atoms with Crippen molar-refractivity contribution in [2.45, 2.75) is 11.1 Å². The highest BCUT2D eigenvalue weighted by atomic mass is 79.9. The van der Waals surface area contributed by atoms with Crippen LogP contribution in [0.3, 0.4) is 0 Å². The topological polar surface area (TPSA) is 122 Å². The second-order valence-electron chi connectivity index (χ2n) is 15.3. The van der Waals surface area contributed by atoms with Gasteiger partial charge in [0, 0.05) is 22.9 Å². The average molecular weight is 916 g/mol. The second kappa shape index (κ2) is 17.8. The van der Waals surface area contributed by atoms with E-state index in [0.29, 0.717) is 21.1 Å². The summed E-state index contributed by atoms with van der Waals surface area (Å²) in [7, 11) is 0. The molecule has 0 amide bonds. The zero-order valence-corrected chi connectivity index (χ0v) is 36.3. The highest BCUT2D eigenvalue weighted by molar-refractivity contribution is 9.10. The first-order valence-electron chi connectivity index (χ1n) is 20.7. The van der Waals surface area contributed by atoms with E-state index in [-0.39, 0.29) is 21.2 Å². The molecule has 2 aromatic heterocycles. The molecule has 0 unspecified atom stereocenters. The number of aromatic nitrogens is 4. The van der Waals surface area contributed by atoms with Crippen molar-refractivity contribution in [2.75, 3.05) is 0 Å². The Balaban J connectivity index is 0.000000164. The number of benzene rings is 8. The van der Waals surface area contributed by atoms with Crippen LogP contribution in [0.25, 0.3) is 27.9 Å². The molecule has 0 radical (unpaired) electrons. The number of hydrogen-bond acceptors (Lipinski definition) is 6. The van der Waals surface area contributed by atoms with Crippen LogP contribution >= 0.6 is 15.9 Å². The van der Waals surface area contributed by atoms with Crippen molar-refractivity contribution in [3.63, 3.8) is 0 Å². The van der Waals surface area contributed by atoms with Crippen LogP contribution in [0.4, 0.5) is 11.4 Å². The lowest BCUT2D eigenvalue weighted by Crippen LogP contribution is -2.38. The quantitative estimate of drug-likeness (QED) is 0.0723. The zero-order chi connectivity index (χ0) is 45.0. The normalized spacial score (nSPS) is 11.5. The van der Waals surface area contributed by atoms with Crippen LogP contribution in [0.2, 0.25) is 0 Å². The van der Waals surface area contributed by atoms with Gasteiger partial charge in [0.2, 0.25) is 0 Å². The van der Waals surface area contributed by atoms with Gasteiger partial charge in [-0.15, -0.1) is 0 Å². The minimum Gasteiger partial charge on any atom is -0.258 e. The van der Waals surface area contributed by atoms with Crippen molar-refractivity contribution in [1.82, 2.24) is 19.6 Å². The molecule has 0 atom stereocenters. The average Bonchev–Trinajstić information content (AvgIpc) is 3.97. The van der Waals surface area contributed by atoms with Crippen LogP contribution in [-0.4, -0.2) is 29.4 Å². The van der Waals surface area contributed by atoms with Crippen LogP contribution < -0.4 is 0 Å². The molecule has 0 saturated carbocycles. The molecule has 316 valence electrons. The Morgan fingerprint density at radius 2 is 0.754 bits per heavy atom. The van der Waals surface area contributed by atoms with Gasteiger partial charge in [0.15, 0.2) is 0 Å². The second-order valence-corrected chi connectivity index (χ2v) is 16.1. The number of halogens is 1. The fourth-order valence-electron chi connectivity index (χ4n) is 8.92. The predicted molar refractivity (Wildman–Crippen MR) is 260 cm³/mol. The van der Waals surface area contributed by atoms with Crippen LogP contribution in [0.5, 0.6) is 0 Å². The van der Waals surface area contributed by atoms with Gasteiger partial charge in [0.25, 0.3) is 11.4 Å². The molecule has 8 aromatic carbocycles. The maximum atomic E-state index is 11.8. The van der Waals surface area contributed by atoms with Crippen molar-refractivity contribution in [1.29, 1.82) is 0 Å². The molecule has 10 nitrogen and oxygen atoms in total. The van der Waals surface area contributed by atoms with Crippen LogP contribution in [-0.2, 0) is 11.1 Å². The first-order chi connectivity index (χ1) is 31.8. The Morgan fingerprint density at radius 1 is 0.462 bits per heavy atom. The SMILES string of the molecule is C=Cc1cc2cnn(C(c3ccccc3)(c3ccccc3)c3ccccc3)c2cc1[N+](=O)[O-].O=[N+]([O-])c1cc2c(cnn2C(c2ccccc2)(c2ccccc2)c2ccccc2)cc1Br. The van der Waals surface area contributed by atoms with Crippen LogP contribution in [0.1, 0.15) is 38.9 Å². The summed E-state index contributed by atoms with van der Waals surface area (Å²) in [5.41, 5.74) is 6.19. The van der Waals surface area contributed by atoms with Crippen LogP contribution in [0, 0.1) is 20.2 Å². The summed E-state index contributed by atoms with van der Waals surface area (Å²) >= 11 is 3.33. The maximum Gasteiger partial charge on any atom is 0.285 e. The van der Waals surface area contributed by atoms with E-state index in [9.17, 15) is 20.2 Å². The van der Waals surface area contributed by atoms with Crippen molar-refractivity contribution in [3.8, 4) is 0 Å². The third-order valence-corrected chi connectivity index (χ3v) is 12.4. The van der Waals surface area contributed by atoms with Gasteiger partial charge in [-0.3, -0.25) is 20.2 Å².